The molecule has 6 nitrogen and oxygen atoms in total. The van der Waals surface area contributed by atoms with Crippen LogP contribution in [0.4, 0.5) is 0 Å². The van der Waals surface area contributed by atoms with Gasteiger partial charge in [-0.25, -0.2) is 4.98 Å². The van der Waals surface area contributed by atoms with E-state index in [9.17, 15) is 4.79 Å². The van der Waals surface area contributed by atoms with Gasteiger partial charge in [0, 0.05) is 30.7 Å². The number of nitrogens with zero attached hydrogens (tertiary/aromatic N) is 4. The van der Waals surface area contributed by atoms with Crippen LogP contribution in [0.15, 0.2) is 24.8 Å². The summed E-state index contributed by atoms with van der Waals surface area (Å²) in [5.74, 6) is -0.237. The number of aromatic nitrogens is 4. The maximum Gasteiger partial charge on any atom is 0.271 e. The third-order valence-electron chi connectivity index (χ3n) is 2.88. The average Bonchev–Trinajstić information content (AvgIpc) is 2.71. The molecule has 0 unspecified atom stereocenters. The van der Waals surface area contributed by atoms with Gasteiger partial charge >= 0.3 is 0 Å². The van der Waals surface area contributed by atoms with E-state index in [1.165, 1.54) is 18.6 Å². The van der Waals surface area contributed by atoms with Crippen molar-refractivity contribution in [3.63, 3.8) is 0 Å². The fourth-order valence-corrected chi connectivity index (χ4v) is 1.71. The summed E-state index contributed by atoms with van der Waals surface area (Å²) in [6.07, 6.45) is 6.23. The minimum atomic E-state index is -0.237. The fraction of sp³-hybridized carbons (Fsp3) is 0.333. The Labute approximate surface area is 105 Å². The minimum absolute atomic E-state index is 0.117. The smallest absolute Gasteiger partial charge is 0.271 e. The van der Waals surface area contributed by atoms with Crippen molar-refractivity contribution in [2.75, 3.05) is 0 Å². The highest BCUT2D eigenvalue weighted by Crippen LogP contribution is 2.16. The second kappa shape index (κ2) is 4.95. The molecule has 1 atom stereocenters. The van der Waals surface area contributed by atoms with Crippen LogP contribution < -0.4 is 5.32 Å². The van der Waals surface area contributed by atoms with Crippen LogP contribution in [0, 0.1) is 6.92 Å². The van der Waals surface area contributed by atoms with Gasteiger partial charge in [0.25, 0.3) is 5.91 Å². The predicted molar refractivity (Wildman–Crippen MR) is 65.9 cm³/mol. The largest absolute Gasteiger partial charge is 0.344 e. The number of carbonyl (C=O) groups is 1. The lowest BCUT2D eigenvalue weighted by Crippen LogP contribution is -2.27. The van der Waals surface area contributed by atoms with E-state index in [4.69, 9.17) is 0 Å². The van der Waals surface area contributed by atoms with E-state index >= 15 is 0 Å². The molecule has 0 spiro atoms. The minimum Gasteiger partial charge on any atom is -0.344 e. The van der Waals surface area contributed by atoms with Gasteiger partial charge < -0.3 is 5.32 Å². The Kier molecular flexibility index (Phi) is 3.36. The zero-order valence-electron chi connectivity index (χ0n) is 10.6. The van der Waals surface area contributed by atoms with Gasteiger partial charge in [0.2, 0.25) is 0 Å². The van der Waals surface area contributed by atoms with Crippen molar-refractivity contribution in [3.8, 4) is 0 Å². The van der Waals surface area contributed by atoms with Crippen LogP contribution in [0.5, 0.6) is 0 Å². The second-order valence-electron chi connectivity index (χ2n) is 4.09. The number of rotatable bonds is 3. The highest BCUT2D eigenvalue weighted by Gasteiger charge is 2.16. The molecule has 0 saturated heterocycles. The highest BCUT2D eigenvalue weighted by atomic mass is 16.1. The molecule has 0 aliphatic rings. The molecule has 0 fully saturated rings. The molecule has 6 heteroatoms. The predicted octanol–water partition coefficient (Wildman–Crippen LogP) is 1.01. The van der Waals surface area contributed by atoms with Crippen LogP contribution in [0.2, 0.25) is 0 Å². The molecule has 0 aliphatic heterocycles. The van der Waals surface area contributed by atoms with Crippen LogP contribution in [0.3, 0.4) is 0 Å². The Hall–Kier alpha value is -2.24. The summed E-state index contributed by atoms with van der Waals surface area (Å²) in [6.45, 7) is 3.88. The van der Waals surface area contributed by atoms with E-state index in [0.29, 0.717) is 5.69 Å². The van der Waals surface area contributed by atoms with Crippen LogP contribution in [0.1, 0.15) is 34.7 Å². The number of hydrogen-bond donors (Lipinski definition) is 1. The van der Waals surface area contributed by atoms with Crippen molar-refractivity contribution >= 4 is 5.91 Å². The van der Waals surface area contributed by atoms with E-state index in [-0.39, 0.29) is 11.9 Å². The molecule has 2 heterocycles. The van der Waals surface area contributed by atoms with Crippen molar-refractivity contribution in [2.45, 2.75) is 19.9 Å². The first-order valence-electron chi connectivity index (χ1n) is 5.65. The van der Waals surface area contributed by atoms with Crippen molar-refractivity contribution in [1.29, 1.82) is 0 Å². The molecule has 0 aliphatic carbocycles. The molecule has 0 saturated carbocycles. The zero-order valence-corrected chi connectivity index (χ0v) is 10.6. The molecule has 2 aromatic heterocycles. The fourth-order valence-electron chi connectivity index (χ4n) is 1.71. The lowest BCUT2D eigenvalue weighted by molar-refractivity contribution is 0.0934. The zero-order chi connectivity index (χ0) is 13.1. The van der Waals surface area contributed by atoms with Crippen molar-refractivity contribution in [3.05, 3.63) is 41.7 Å². The molecule has 0 radical (unpaired) electrons. The van der Waals surface area contributed by atoms with Gasteiger partial charge in [-0.3, -0.25) is 14.5 Å². The molecule has 0 bridgehead atoms. The Bertz CT molecular complexity index is 549. The summed E-state index contributed by atoms with van der Waals surface area (Å²) < 4.78 is 1.78. The van der Waals surface area contributed by atoms with Crippen molar-refractivity contribution < 1.29 is 4.79 Å². The van der Waals surface area contributed by atoms with E-state index < -0.39 is 0 Å². The Morgan fingerprint density at radius 2 is 2.17 bits per heavy atom. The van der Waals surface area contributed by atoms with E-state index in [2.05, 4.69) is 20.4 Å². The number of hydrogen-bond acceptors (Lipinski definition) is 4. The summed E-state index contributed by atoms with van der Waals surface area (Å²) in [5.41, 5.74) is 2.34. The summed E-state index contributed by atoms with van der Waals surface area (Å²) in [6, 6.07) is -0.117. The van der Waals surface area contributed by atoms with E-state index in [1.54, 1.807) is 10.9 Å². The molecule has 94 valence electrons. The molecular weight excluding hydrogens is 230 g/mol. The first kappa shape index (κ1) is 12.2. The lowest BCUT2D eigenvalue weighted by Gasteiger charge is -2.13. The van der Waals surface area contributed by atoms with Crippen LogP contribution in [0.25, 0.3) is 0 Å². The van der Waals surface area contributed by atoms with Gasteiger partial charge in [-0.2, -0.15) is 5.10 Å². The summed E-state index contributed by atoms with van der Waals surface area (Å²) in [4.78, 5) is 19.7. The molecule has 1 N–H and O–H groups in total. The van der Waals surface area contributed by atoms with Gasteiger partial charge in [-0.05, 0) is 13.8 Å². The number of aryl methyl sites for hydroxylation is 1. The van der Waals surface area contributed by atoms with Crippen molar-refractivity contribution in [2.24, 2.45) is 7.05 Å². The monoisotopic (exact) mass is 245 g/mol. The maximum atomic E-state index is 11.9. The van der Waals surface area contributed by atoms with Gasteiger partial charge in [0.1, 0.15) is 5.69 Å². The van der Waals surface area contributed by atoms with Gasteiger partial charge in [-0.1, -0.05) is 0 Å². The van der Waals surface area contributed by atoms with E-state index in [1.807, 2.05) is 20.9 Å². The summed E-state index contributed by atoms with van der Waals surface area (Å²) >= 11 is 0. The summed E-state index contributed by atoms with van der Waals surface area (Å²) in [7, 11) is 1.87. The Morgan fingerprint density at radius 1 is 1.39 bits per heavy atom. The quantitative estimate of drug-likeness (QED) is 0.875. The Balaban J connectivity index is 2.11. The third-order valence-corrected chi connectivity index (χ3v) is 2.88. The lowest BCUT2D eigenvalue weighted by atomic mass is 10.1. The third kappa shape index (κ3) is 2.37. The second-order valence-corrected chi connectivity index (χ2v) is 4.09. The first-order chi connectivity index (χ1) is 8.59. The normalized spacial score (nSPS) is 12.2. The summed E-state index contributed by atoms with van der Waals surface area (Å²) in [5, 5.41) is 7.03. The topological polar surface area (TPSA) is 72.7 Å². The SMILES string of the molecule is Cc1c([C@H](C)NC(=O)c2cnccn2)cnn1C. The number of nitrogens with one attached hydrogen (secondary N) is 1. The van der Waals surface area contributed by atoms with Gasteiger partial charge in [0.05, 0.1) is 18.4 Å². The van der Waals surface area contributed by atoms with E-state index in [0.717, 1.165) is 11.3 Å². The van der Waals surface area contributed by atoms with Crippen LogP contribution in [-0.4, -0.2) is 25.7 Å². The van der Waals surface area contributed by atoms with Gasteiger partial charge in [-0.15, -0.1) is 0 Å². The maximum absolute atomic E-state index is 11.9. The van der Waals surface area contributed by atoms with Crippen LogP contribution >= 0.6 is 0 Å². The first-order valence-corrected chi connectivity index (χ1v) is 5.65. The molecule has 18 heavy (non-hydrogen) atoms. The molecule has 2 aromatic rings. The number of amides is 1. The average molecular weight is 245 g/mol. The molecule has 0 aromatic carbocycles. The highest BCUT2D eigenvalue weighted by molar-refractivity contribution is 5.92. The van der Waals surface area contributed by atoms with Gasteiger partial charge in [0.15, 0.2) is 0 Å². The standard InChI is InChI=1S/C12H15N5O/c1-8(10-6-15-17(3)9(10)2)16-12(18)11-7-13-4-5-14-11/h4-8H,1-3H3,(H,16,18)/t8-/m0/s1. The Morgan fingerprint density at radius 3 is 2.72 bits per heavy atom. The molecular formula is C12H15N5O. The molecule has 2 rings (SSSR count). The van der Waals surface area contributed by atoms with Crippen molar-refractivity contribution in [1.82, 2.24) is 25.1 Å². The molecule has 1 amide bonds. The number of carbonyl (C=O) groups excluding carboxylic acids is 1. The van der Waals surface area contributed by atoms with Crippen LogP contribution in [-0.2, 0) is 7.05 Å².